The van der Waals surface area contributed by atoms with Crippen molar-refractivity contribution in [3.05, 3.63) is 23.5 Å². The van der Waals surface area contributed by atoms with E-state index in [0.717, 1.165) is 25.9 Å². The van der Waals surface area contributed by atoms with E-state index in [1.165, 1.54) is 0 Å². The topological polar surface area (TPSA) is 71.2 Å². The van der Waals surface area contributed by atoms with E-state index < -0.39 is 0 Å². The molecule has 1 aromatic heterocycles. The average Bonchev–Trinajstić information content (AvgIpc) is 2.41. The Kier molecular flexibility index (Phi) is 4.52. The van der Waals surface area contributed by atoms with Crippen LogP contribution in [0.3, 0.4) is 0 Å². The largest absolute Gasteiger partial charge is 0.397 e. The molecule has 0 unspecified atom stereocenters. The number of rotatable bonds is 2. The maximum atomic E-state index is 12.3. The number of pyridine rings is 1. The summed E-state index contributed by atoms with van der Waals surface area (Å²) in [5.41, 5.74) is 7.73. The van der Waals surface area contributed by atoms with Crippen LogP contribution >= 0.6 is 0 Å². The van der Waals surface area contributed by atoms with Gasteiger partial charge in [0.25, 0.3) is 5.91 Å². The molecule has 21 heavy (non-hydrogen) atoms. The van der Waals surface area contributed by atoms with E-state index in [0.29, 0.717) is 16.9 Å². The number of carbonyl (C=O) groups excluding carboxylic acids is 1. The van der Waals surface area contributed by atoms with Crippen molar-refractivity contribution in [2.45, 2.75) is 52.1 Å². The third-order valence-electron chi connectivity index (χ3n) is 4.13. The van der Waals surface area contributed by atoms with Crippen molar-refractivity contribution >= 4 is 11.6 Å². The second-order valence-electron chi connectivity index (χ2n) is 6.81. The van der Waals surface area contributed by atoms with Crippen molar-refractivity contribution < 1.29 is 4.79 Å². The number of aromatic nitrogens is 1. The molecule has 1 aliphatic rings. The van der Waals surface area contributed by atoms with Crippen molar-refractivity contribution in [2.75, 3.05) is 18.8 Å². The molecule has 1 amide bonds. The lowest BCUT2D eigenvalue weighted by molar-refractivity contribution is 0.0812. The number of hydrogen-bond donors (Lipinski definition) is 2. The van der Waals surface area contributed by atoms with Gasteiger partial charge in [-0.1, -0.05) is 0 Å². The molecule has 0 radical (unpaired) electrons. The monoisotopic (exact) mass is 290 g/mol. The van der Waals surface area contributed by atoms with E-state index in [-0.39, 0.29) is 17.5 Å². The summed E-state index contributed by atoms with van der Waals surface area (Å²) < 4.78 is 0. The summed E-state index contributed by atoms with van der Waals surface area (Å²) in [5.74, 6) is -0.0680. The Morgan fingerprint density at radius 3 is 2.57 bits per heavy atom. The number of piperidine rings is 1. The number of likely N-dealkylation sites (tertiary alicyclic amines) is 1. The molecule has 0 bridgehead atoms. The fourth-order valence-corrected chi connectivity index (χ4v) is 2.74. The van der Waals surface area contributed by atoms with Gasteiger partial charge in [0, 0.05) is 24.7 Å². The fraction of sp³-hybridized carbons (Fsp3) is 0.625. The molecule has 0 aromatic carbocycles. The minimum atomic E-state index is -0.0680. The van der Waals surface area contributed by atoms with Crippen LogP contribution in [0, 0.1) is 6.92 Å². The maximum absolute atomic E-state index is 12.3. The number of aryl methyl sites for hydroxylation is 1. The number of nitrogens with one attached hydrogen (secondary N) is 1. The zero-order valence-corrected chi connectivity index (χ0v) is 13.4. The van der Waals surface area contributed by atoms with Gasteiger partial charge in [-0.25, -0.2) is 0 Å². The second kappa shape index (κ2) is 6.02. The van der Waals surface area contributed by atoms with Crippen LogP contribution in [0.1, 0.15) is 49.7 Å². The highest BCUT2D eigenvalue weighted by molar-refractivity contribution is 5.96. The van der Waals surface area contributed by atoms with Crippen LogP contribution in [0.2, 0.25) is 0 Å². The Balaban J connectivity index is 1.94. The number of nitrogen functional groups attached to an aromatic ring is 1. The highest BCUT2D eigenvalue weighted by Gasteiger charge is 2.27. The first-order valence-electron chi connectivity index (χ1n) is 7.55. The molecule has 5 nitrogen and oxygen atoms in total. The molecular weight excluding hydrogens is 264 g/mol. The summed E-state index contributed by atoms with van der Waals surface area (Å²) in [7, 11) is 0. The van der Waals surface area contributed by atoms with Gasteiger partial charge in [0.05, 0.1) is 23.1 Å². The van der Waals surface area contributed by atoms with Gasteiger partial charge in [-0.05, 0) is 46.6 Å². The van der Waals surface area contributed by atoms with Gasteiger partial charge in [0.15, 0.2) is 0 Å². The van der Waals surface area contributed by atoms with Gasteiger partial charge in [-0.2, -0.15) is 0 Å². The number of hydrogen-bond acceptors (Lipinski definition) is 4. The molecule has 1 aliphatic heterocycles. The van der Waals surface area contributed by atoms with E-state index >= 15 is 0 Å². The molecule has 0 atom stereocenters. The molecule has 0 aliphatic carbocycles. The Labute approximate surface area is 126 Å². The van der Waals surface area contributed by atoms with Crippen LogP contribution in [-0.2, 0) is 0 Å². The van der Waals surface area contributed by atoms with Crippen LogP contribution in [0.15, 0.2) is 12.3 Å². The lowest BCUT2D eigenvalue weighted by Gasteiger charge is -2.41. The summed E-state index contributed by atoms with van der Waals surface area (Å²) in [4.78, 5) is 18.9. The van der Waals surface area contributed by atoms with Gasteiger partial charge in [-0.3, -0.25) is 14.7 Å². The van der Waals surface area contributed by atoms with Crippen molar-refractivity contribution in [1.29, 1.82) is 0 Å². The third-order valence-corrected chi connectivity index (χ3v) is 4.13. The standard InChI is InChI=1S/C16H26N4O/c1-11-14(9-12(17)10-18-11)15(21)19-13-5-7-20(8-6-13)16(2,3)4/h9-10,13H,5-8,17H2,1-4H3,(H,19,21). The van der Waals surface area contributed by atoms with Crippen molar-refractivity contribution in [2.24, 2.45) is 0 Å². The fourth-order valence-electron chi connectivity index (χ4n) is 2.74. The number of anilines is 1. The molecule has 1 fully saturated rings. The van der Waals surface area contributed by atoms with Crippen LogP contribution in [0.25, 0.3) is 0 Å². The molecule has 116 valence electrons. The summed E-state index contributed by atoms with van der Waals surface area (Å²) in [6, 6.07) is 1.93. The molecule has 2 heterocycles. The lowest BCUT2D eigenvalue weighted by atomic mass is 9.98. The molecule has 1 saturated heterocycles. The molecule has 2 rings (SSSR count). The highest BCUT2D eigenvalue weighted by Crippen LogP contribution is 2.20. The number of amides is 1. The summed E-state index contributed by atoms with van der Waals surface area (Å²) in [5, 5.41) is 3.11. The van der Waals surface area contributed by atoms with Gasteiger partial charge < -0.3 is 11.1 Å². The minimum Gasteiger partial charge on any atom is -0.397 e. The average molecular weight is 290 g/mol. The predicted octanol–water partition coefficient (Wildman–Crippen LogP) is 1.96. The van der Waals surface area contributed by atoms with Gasteiger partial charge >= 0.3 is 0 Å². The van der Waals surface area contributed by atoms with Gasteiger partial charge in [0.2, 0.25) is 0 Å². The first-order chi connectivity index (χ1) is 9.77. The zero-order valence-electron chi connectivity index (χ0n) is 13.4. The highest BCUT2D eigenvalue weighted by atomic mass is 16.1. The molecule has 1 aromatic rings. The summed E-state index contributed by atoms with van der Waals surface area (Å²) in [6.07, 6.45) is 3.55. The number of nitrogens with two attached hydrogens (primary N) is 1. The first kappa shape index (κ1) is 15.8. The predicted molar refractivity (Wildman–Crippen MR) is 85.2 cm³/mol. The van der Waals surface area contributed by atoms with Gasteiger partial charge in [0.1, 0.15) is 0 Å². The van der Waals surface area contributed by atoms with Crippen LogP contribution < -0.4 is 11.1 Å². The third kappa shape index (κ3) is 3.94. The van der Waals surface area contributed by atoms with Crippen LogP contribution in [0.5, 0.6) is 0 Å². The smallest absolute Gasteiger partial charge is 0.253 e. The normalized spacial score (nSPS) is 17.7. The van der Waals surface area contributed by atoms with Crippen LogP contribution in [-0.4, -0.2) is 40.5 Å². The van der Waals surface area contributed by atoms with Gasteiger partial charge in [-0.15, -0.1) is 0 Å². The molecule has 5 heteroatoms. The van der Waals surface area contributed by atoms with E-state index in [1.54, 1.807) is 12.3 Å². The Hall–Kier alpha value is -1.62. The minimum absolute atomic E-state index is 0.0680. The van der Waals surface area contributed by atoms with Crippen LogP contribution in [0.4, 0.5) is 5.69 Å². The lowest BCUT2D eigenvalue weighted by Crippen LogP contribution is -2.50. The molecule has 3 N–H and O–H groups in total. The SMILES string of the molecule is Cc1ncc(N)cc1C(=O)NC1CCN(C(C)(C)C)CC1. The molecule has 0 saturated carbocycles. The Morgan fingerprint density at radius 2 is 2.00 bits per heavy atom. The van der Waals surface area contributed by atoms with Crippen molar-refractivity contribution in [1.82, 2.24) is 15.2 Å². The molecular formula is C16H26N4O. The Morgan fingerprint density at radius 1 is 1.38 bits per heavy atom. The summed E-state index contributed by atoms with van der Waals surface area (Å²) in [6.45, 7) is 10.6. The van der Waals surface area contributed by atoms with E-state index in [2.05, 4.69) is 36.0 Å². The zero-order chi connectivity index (χ0) is 15.6. The number of nitrogens with zero attached hydrogens (tertiary/aromatic N) is 2. The van der Waals surface area contributed by atoms with Crippen molar-refractivity contribution in [3.8, 4) is 0 Å². The Bertz CT molecular complexity index is 513. The van der Waals surface area contributed by atoms with Crippen molar-refractivity contribution in [3.63, 3.8) is 0 Å². The quantitative estimate of drug-likeness (QED) is 0.873. The number of carbonyl (C=O) groups is 1. The van der Waals surface area contributed by atoms with E-state index in [9.17, 15) is 4.79 Å². The van der Waals surface area contributed by atoms with E-state index in [4.69, 9.17) is 5.73 Å². The molecule has 0 spiro atoms. The maximum Gasteiger partial charge on any atom is 0.253 e. The first-order valence-corrected chi connectivity index (χ1v) is 7.55. The summed E-state index contributed by atoms with van der Waals surface area (Å²) >= 11 is 0. The second-order valence-corrected chi connectivity index (χ2v) is 6.81. The van der Waals surface area contributed by atoms with E-state index in [1.807, 2.05) is 6.92 Å².